The van der Waals surface area contributed by atoms with Crippen LogP contribution in [0, 0.1) is 6.92 Å². The van der Waals surface area contributed by atoms with E-state index in [1.54, 1.807) is 18.1 Å². The Morgan fingerprint density at radius 2 is 2.06 bits per heavy atom. The molecule has 4 nitrogen and oxygen atoms in total. The SMILES string of the molecule is Cc1ccc(C(CN)Sc2nncn2C)cc1. The summed E-state index contributed by atoms with van der Waals surface area (Å²) in [6.45, 7) is 2.66. The molecule has 90 valence electrons. The zero-order valence-electron chi connectivity index (χ0n) is 10.00. The van der Waals surface area contributed by atoms with Gasteiger partial charge < -0.3 is 10.3 Å². The molecule has 0 aliphatic carbocycles. The molecule has 2 N–H and O–H groups in total. The quantitative estimate of drug-likeness (QED) is 0.840. The number of aromatic nitrogens is 3. The molecule has 1 unspecified atom stereocenters. The minimum Gasteiger partial charge on any atom is -0.329 e. The molecular weight excluding hydrogens is 232 g/mol. The summed E-state index contributed by atoms with van der Waals surface area (Å²) in [4.78, 5) is 0. The van der Waals surface area contributed by atoms with Crippen molar-refractivity contribution in [2.45, 2.75) is 17.3 Å². The molecule has 0 spiro atoms. The maximum atomic E-state index is 5.83. The van der Waals surface area contributed by atoms with E-state index in [9.17, 15) is 0 Å². The summed E-state index contributed by atoms with van der Waals surface area (Å²) in [6, 6.07) is 8.46. The van der Waals surface area contributed by atoms with Gasteiger partial charge in [-0.3, -0.25) is 0 Å². The molecule has 0 aliphatic heterocycles. The number of aryl methyl sites for hydroxylation is 2. The molecule has 0 amide bonds. The lowest BCUT2D eigenvalue weighted by Crippen LogP contribution is -2.10. The number of thioether (sulfide) groups is 1. The lowest BCUT2D eigenvalue weighted by atomic mass is 10.1. The Balaban J connectivity index is 2.17. The molecule has 1 atom stereocenters. The third-order valence-corrected chi connectivity index (χ3v) is 3.91. The minimum absolute atomic E-state index is 0.221. The maximum Gasteiger partial charge on any atom is 0.191 e. The van der Waals surface area contributed by atoms with Gasteiger partial charge in [-0.2, -0.15) is 0 Å². The number of hydrogen-bond donors (Lipinski definition) is 1. The van der Waals surface area contributed by atoms with Crippen molar-refractivity contribution in [3.05, 3.63) is 41.7 Å². The van der Waals surface area contributed by atoms with Gasteiger partial charge in [0.1, 0.15) is 6.33 Å². The molecule has 0 aliphatic rings. The van der Waals surface area contributed by atoms with Gasteiger partial charge in [0.05, 0.1) is 0 Å². The van der Waals surface area contributed by atoms with Crippen molar-refractivity contribution in [3.63, 3.8) is 0 Å². The first-order chi connectivity index (χ1) is 8.20. The summed E-state index contributed by atoms with van der Waals surface area (Å²) in [6.07, 6.45) is 1.70. The van der Waals surface area contributed by atoms with Gasteiger partial charge in [0, 0.05) is 18.8 Å². The van der Waals surface area contributed by atoms with E-state index in [-0.39, 0.29) is 5.25 Å². The lowest BCUT2D eigenvalue weighted by Gasteiger charge is -2.14. The number of hydrogen-bond acceptors (Lipinski definition) is 4. The van der Waals surface area contributed by atoms with Gasteiger partial charge in [0.15, 0.2) is 5.16 Å². The van der Waals surface area contributed by atoms with Crippen LogP contribution >= 0.6 is 11.8 Å². The second-order valence-corrected chi connectivity index (χ2v) is 5.15. The second kappa shape index (κ2) is 5.33. The van der Waals surface area contributed by atoms with E-state index in [1.165, 1.54) is 11.1 Å². The van der Waals surface area contributed by atoms with Crippen LogP contribution in [0.2, 0.25) is 0 Å². The second-order valence-electron chi connectivity index (χ2n) is 3.98. The van der Waals surface area contributed by atoms with Crippen molar-refractivity contribution >= 4 is 11.8 Å². The van der Waals surface area contributed by atoms with Crippen LogP contribution in [0.1, 0.15) is 16.4 Å². The Bertz CT molecular complexity index is 478. The van der Waals surface area contributed by atoms with Crippen molar-refractivity contribution in [1.82, 2.24) is 14.8 Å². The topological polar surface area (TPSA) is 56.7 Å². The molecule has 1 aromatic carbocycles. The van der Waals surface area contributed by atoms with Gasteiger partial charge in [0.25, 0.3) is 0 Å². The van der Waals surface area contributed by atoms with Gasteiger partial charge in [0.2, 0.25) is 0 Å². The highest BCUT2D eigenvalue weighted by molar-refractivity contribution is 7.99. The fourth-order valence-corrected chi connectivity index (χ4v) is 2.49. The molecular formula is C12H16N4S. The van der Waals surface area contributed by atoms with Crippen LogP contribution in [-0.4, -0.2) is 21.3 Å². The lowest BCUT2D eigenvalue weighted by molar-refractivity contribution is 0.781. The highest BCUT2D eigenvalue weighted by Crippen LogP contribution is 2.32. The number of nitrogens with two attached hydrogens (primary N) is 1. The number of rotatable bonds is 4. The Kier molecular flexibility index (Phi) is 3.81. The Labute approximate surface area is 105 Å². The normalized spacial score (nSPS) is 12.6. The van der Waals surface area contributed by atoms with Crippen LogP contribution in [0.4, 0.5) is 0 Å². The van der Waals surface area contributed by atoms with Crippen molar-refractivity contribution in [2.24, 2.45) is 12.8 Å². The first kappa shape index (κ1) is 12.1. The van der Waals surface area contributed by atoms with Crippen LogP contribution < -0.4 is 5.73 Å². The average Bonchev–Trinajstić information content (AvgIpc) is 2.73. The van der Waals surface area contributed by atoms with Crippen molar-refractivity contribution < 1.29 is 0 Å². The van der Waals surface area contributed by atoms with Crippen molar-refractivity contribution in [1.29, 1.82) is 0 Å². The summed E-state index contributed by atoms with van der Waals surface area (Å²) in [5, 5.41) is 9.05. The van der Waals surface area contributed by atoms with Crippen LogP contribution in [0.25, 0.3) is 0 Å². The Morgan fingerprint density at radius 3 is 2.59 bits per heavy atom. The molecule has 0 fully saturated rings. The first-order valence-corrected chi connectivity index (χ1v) is 6.36. The molecule has 2 rings (SSSR count). The number of nitrogens with zero attached hydrogens (tertiary/aromatic N) is 3. The highest BCUT2D eigenvalue weighted by Gasteiger charge is 2.14. The molecule has 0 radical (unpaired) electrons. The predicted octanol–water partition coefficient (Wildman–Crippen LogP) is 1.92. The Morgan fingerprint density at radius 1 is 1.35 bits per heavy atom. The summed E-state index contributed by atoms with van der Waals surface area (Å²) < 4.78 is 1.90. The van der Waals surface area contributed by atoms with Crippen molar-refractivity contribution in [2.75, 3.05) is 6.54 Å². The molecule has 0 saturated carbocycles. The van der Waals surface area contributed by atoms with E-state index in [2.05, 4.69) is 41.4 Å². The van der Waals surface area contributed by atoms with Crippen LogP contribution in [0.5, 0.6) is 0 Å². The van der Waals surface area contributed by atoms with Gasteiger partial charge in [-0.25, -0.2) is 0 Å². The molecule has 1 aromatic heterocycles. The summed E-state index contributed by atoms with van der Waals surface area (Å²) in [5.74, 6) is 0. The fraction of sp³-hybridized carbons (Fsp3) is 0.333. The van der Waals surface area contributed by atoms with Crippen LogP contribution in [0.3, 0.4) is 0 Å². The average molecular weight is 248 g/mol. The fourth-order valence-electron chi connectivity index (χ4n) is 1.54. The molecule has 1 heterocycles. The smallest absolute Gasteiger partial charge is 0.191 e. The molecule has 5 heteroatoms. The third kappa shape index (κ3) is 2.87. The minimum atomic E-state index is 0.221. The monoisotopic (exact) mass is 248 g/mol. The Hall–Kier alpha value is -1.33. The van der Waals surface area contributed by atoms with Crippen LogP contribution in [0.15, 0.2) is 35.7 Å². The zero-order chi connectivity index (χ0) is 12.3. The summed E-state index contributed by atoms with van der Waals surface area (Å²) in [7, 11) is 1.94. The summed E-state index contributed by atoms with van der Waals surface area (Å²) >= 11 is 1.65. The van der Waals surface area contributed by atoms with Crippen molar-refractivity contribution in [3.8, 4) is 0 Å². The van der Waals surface area contributed by atoms with E-state index in [1.807, 2.05) is 11.6 Å². The van der Waals surface area contributed by atoms with Crippen LogP contribution in [-0.2, 0) is 7.05 Å². The first-order valence-electron chi connectivity index (χ1n) is 5.48. The number of benzene rings is 1. The highest BCUT2D eigenvalue weighted by atomic mass is 32.2. The molecule has 17 heavy (non-hydrogen) atoms. The van der Waals surface area contributed by atoms with E-state index in [0.717, 1.165) is 5.16 Å². The third-order valence-electron chi connectivity index (χ3n) is 2.58. The van der Waals surface area contributed by atoms with E-state index >= 15 is 0 Å². The summed E-state index contributed by atoms with van der Waals surface area (Å²) in [5.41, 5.74) is 8.32. The van der Waals surface area contributed by atoms with Gasteiger partial charge >= 0.3 is 0 Å². The standard InChI is InChI=1S/C12H16N4S/c1-9-3-5-10(6-4-9)11(7-13)17-12-15-14-8-16(12)2/h3-6,8,11H,7,13H2,1-2H3. The molecule has 0 saturated heterocycles. The molecule has 0 bridgehead atoms. The van der Waals surface area contributed by atoms with E-state index in [4.69, 9.17) is 5.73 Å². The van der Waals surface area contributed by atoms with Gasteiger partial charge in [-0.05, 0) is 12.5 Å². The largest absolute Gasteiger partial charge is 0.329 e. The zero-order valence-corrected chi connectivity index (χ0v) is 10.8. The van der Waals surface area contributed by atoms with Gasteiger partial charge in [-0.15, -0.1) is 10.2 Å². The maximum absolute atomic E-state index is 5.83. The molecule has 2 aromatic rings. The van der Waals surface area contributed by atoms with Gasteiger partial charge in [-0.1, -0.05) is 41.6 Å². The van der Waals surface area contributed by atoms with E-state index in [0.29, 0.717) is 6.54 Å². The van der Waals surface area contributed by atoms with E-state index < -0.39 is 0 Å². The predicted molar refractivity (Wildman–Crippen MR) is 69.8 cm³/mol.